The summed E-state index contributed by atoms with van der Waals surface area (Å²) in [6.07, 6.45) is 15.9. The van der Waals surface area contributed by atoms with Crippen LogP contribution >= 0.6 is 47.0 Å². The maximum absolute atomic E-state index is 9.43. The number of rotatable bonds is 6. The molecule has 0 amide bonds. The van der Waals surface area contributed by atoms with Crippen molar-refractivity contribution in [3.8, 4) is 0 Å². The number of hydrogen-bond donors (Lipinski definition) is 8. The lowest BCUT2D eigenvalue weighted by Crippen LogP contribution is -3.00. The van der Waals surface area contributed by atoms with E-state index in [4.69, 9.17) is 0 Å². The smallest absolute Gasteiger partial charge is 0.0880 e. The summed E-state index contributed by atoms with van der Waals surface area (Å²) >= 11 is 7.05. The minimum Gasteiger partial charge on any atom is -1.00 e. The van der Waals surface area contributed by atoms with Crippen LogP contribution in [-0.2, 0) is 0 Å². The number of aliphatic hydroxyl groups excluding tert-OH is 4. The van der Waals surface area contributed by atoms with E-state index in [1.165, 1.54) is 0 Å². The maximum atomic E-state index is 9.43. The maximum Gasteiger partial charge on any atom is 0.0880 e. The standard InChI is InChI=1S/2C7H15NOS.2C6H13NOS.2ClH/c2*1-8-5-3-6(9)7(4-5)10-2;2*1-9-6-3-4(7)2-5(6)8;;/h2*5-9H,3-4H2,1-2H3;2*4-6,8H,2-3,7H2,1H3;2*1H/t2*5-,6-,7-;2*4-,5-,6-;;/m1010../s1. The molecule has 0 aliphatic heterocycles. The van der Waals surface area contributed by atoms with Gasteiger partial charge in [-0.25, -0.2) is 0 Å². The van der Waals surface area contributed by atoms with Gasteiger partial charge >= 0.3 is 0 Å². The van der Waals surface area contributed by atoms with Crippen LogP contribution in [0.3, 0.4) is 0 Å². The van der Waals surface area contributed by atoms with Gasteiger partial charge in [-0.05, 0) is 64.8 Å². The minimum atomic E-state index is -0.0949. The average Bonchev–Trinajstić information content (AvgIpc) is 3.64. The van der Waals surface area contributed by atoms with E-state index >= 15 is 0 Å². The molecule has 0 saturated heterocycles. The Kier molecular flexibility index (Phi) is 26.2. The largest absolute Gasteiger partial charge is 1.00 e. The quantitative estimate of drug-likeness (QED) is 0.135. The third kappa shape index (κ3) is 15.6. The molecule has 14 heteroatoms. The molecular formula is C26H58Cl2N4O4S4. The fraction of sp³-hybridized carbons (Fsp3) is 1.00. The molecule has 244 valence electrons. The van der Waals surface area contributed by atoms with E-state index < -0.39 is 0 Å². The minimum absolute atomic E-state index is 0. The third-order valence-electron chi connectivity index (χ3n) is 8.11. The second-order valence-corrected chi connectivity index (χ2v) is 15.3. The highest BCUT2D eigenvalue weighted by Crippen LogP contribution is 2.29. The molecule has 0 radical (unpaired) electrons. The van der Waals surface area contributed by atoms with E-state index in [2.05, 4.69) is 34.6 Å². The fourth-order valence-electron chi connectivity index (χ4n) is 5.59. The lowest BCUT2D eigenvalue weighted by molar-refractivity contribution is -0.418. The number of aliphatic hydroxyl groups is 4. The predicted molar refractivity (Wildman–Crippen MR) is 169 cm³/mol. The molecule has 0 bridgehead atoms. The van der Waals surface area contributed by atoms with Crippen molar-refractivity contribution in [3.63, 3.8) is 0 Å². The van der Waals surface area contributed by atoms with Crippen molar-refractivity contribution in [2.75, 3.05) is 39.1 Å². The van der Waals surface area contributed by atoms with Crippen LogP contribution in [0.4, 0.5) is 0 Å². The Morgan fingerprint density at radius 3 is 0.850 bits per heavy atom. The molecule has 4 rings (SSSR count). The normalized spacial score (nSPS) is 39.9. The molecule has 40 heavy (non-hydrogen) atoms. The zero-order valence-corrected chi connectivity index (χ0v) is 30.0. The van der Waals surface area contributed by atoms with Crippen LogP contribution in [0.25, 0.3) is 0 Å². The van der Waals surface area contributed by atoms with Crippen molar-refractivity contribution in [3.05, 3.63) is 0 Å². The molecule has 4 saturated carbocycles. The summed E-state index contributed by atoms with van der Waals surface area (Å²) < 4.78 is 0. The number of hydrogen-bond acceptors (Lipinski definition) is 10. The lowest BCUT2D eigenvalue weighted by Gasteiger charge is -2.08. The molecule has 8 nitrogen and oxygen atoms in total. The molecule has 0 spiro atoms. The van der Waals surface area contributed by atoms with E-state index in [-0.39, 0.29) is 49.2 Å². The highest BCUT2D eigenvalue weighted by atomic mass is 35.5. The van der Waals surface area contributed by atoms with E-state index in [1.54, 1.807) is 47.0 Å². The van der Waals surface area contributed by atoms with Gasteiger partial charge in [-0.3, -0.25) is 0 Å². The molecule has 12 N–H and O–H groups in total. The fourth-order valence-corrected chi connectivity index (χ4v) is 9.07. The first kappa shape index (κ1) is 43.8. The number of thioether (sulfide) groups is 4. The van der Waals surface area contributed by atoms with Gasteiger partial charge in [0.15, 0.2) is 0 Å². The van der Waals surface area contributed by atoms with Gasteiger partial charge in [0.05, 0.1) is 36.5 Å². The van der Waals surface area contributed by atoms with Crippen LogP contribution in [0.2, 0.25) is 0 Å². The van der Waals surface area contributed by atoms with Crippen LogP contribution in [0, 0.1) is 0 Å². The van der Waals surface area contributed by atoms with Crippen molar-refractivity contribution >= 4 is 47.0 Å². The van der Waals surface area contributed by atoms with Gasteiger partial charge in [0, 0.05) is 58.8 Å². The molecule has 0 unspecified atom stereocenters. The molecule has 4 fully saturated rings. The monoisotopic (exact) mass is 688 g/mol. The predicted octanol–water partition coefficient (Wildman–Crippen LogP) is -6.10. The Hall–Kier alpha value is 1.66. The van der Waals surface area contributed by atoms with Crippen LogP contribution in [0.5, 0.6) is 0 Å². The Morgan fingerprint density at radius 2 is 0.725 bits per heavy atom. The van der Waals surface area contributed by atoms with Gasteiger partial charge in [-0.2, -0.15) is 47.0 Å². The van der Waals surface area contributed by atoms with Gasteiger partial charge in [0.25, 0.3) is 0 Å². The summed E-state index contributed by atoms with van der Waals surface area (Å²) in [4.78, 5) is 0. The average molecular weight is 690 g/mol. The summed E-state index contributed by atoms with van der Waals surface area (Å²) in [5, 5.41) is 45.6. The van der Waals surface area contributed by atoms with Crippen molar-refractivity contribution < 1.29 is 56.7 Å². The van der Waals surface area contributed by atoms with Gasteiger partial charge in [0.2, 0.25) is 0 Å². The van der Waals surface area contributed by atoms with Crippen molar-refractivity contribution in [1.29, 1.82) is 0 Å². The molecular weight excluding hydrogens is 631 g/mol. The zero-order chi connectivity index (χ0) is 28.8. The molecule has 0 heterocycles. The summed E-state index contributed by atoms with van der Waals surface area (Å²) in [5.74, 6) is 0. The molecule has 0 aromatic rings. The first-order chi connectivity index (χ1) is 18.0. The van der Waals surface area contributed by atoms with Crippen molar-refractivity contribution in [2.24, 2.45) is 0 Å². The highest BCUT2D eigenvalue weighted by Gasteiger charge is 2.33. The number of nitrogens with one attached hydrogen (secondary N) is 2. The third-order valence-corrected chi connectivity index (χ3v) is 12.6. The summed E-state index contributed by atoms with van der Waals surface area (Å²) in [6, 6.07) is 2.04. The van der Waals surface area contributed by atoms with E-state index in [9.17, 15) is 20.4 Å². The Bertz CT molecular complexity index is 579. The van der Waals surface area contributed by atoms with E-state index in [0.717, 1.165) is 51.4 Å². The summed E-state index contributed by atoms with van der Waals surface area (Å²) in [7, 11) is 3.92. The second kappa shape index (κ2) is 24.0. The Morgan fingerprint density at radius 1 is 0.475 bits per heavy atom. The van der Waals surface area contributed by atoms with Crippen LogP contribution < -0.4 is 46.9 Å². The topological polar surface area (TPSA) is 160 Å². The first-order valence-corrected chi connectivity index (χ1v) is 19.0. The van der Waals surface area contributed by atoms with Crippen molar-refractivity contribution in [2.45, 2.75) is 121 Å². The molecule has 12 atom stereocenters. The van der Waals surface area contributed by atoms with Crippen molar-refractivity contribution in [1.82, 2.24) is 10.6 Å². The van der Waals surface area contributed by atoms with E-state index in [0.29, 0.717) is 45.2 Å². The molecule has 4 aliphatic rings. The van der Waals surface area contributed by atoms with Crippen LogP contribution in [0.15, 0.2) is 0 Å². The van der Waals surface area contributed by atoms with E-state index in [1.807, 2.05) is 26.6 Å². The SMILES string of the molecule is CN[C@@H]1C[C@@H](O)[C@H](SC)C1.CN[C@@H]1C[C@H](SC)[C@@H](O)C1.CS[C@@H]1C[C@H]([NH3+])C[C@H]1O.CS[C@H]1C[C@@H]([NH3+])C[C@@H]1O.[Cl-].[Cl-]. The summed E-state index contributed by atoms with van der Waals surface area (Å²) in [5.41, 5.74) is 7.83. The van der Waals surface area contributed by atoms with Gasteiger partial charge in [0.1, 0.15) is 0 Å². The second-order valence-electron chi connectivity index (χ2n) is 11.0. The Labute approximate surface area is 273 Å². The zero-order valence-electron chi connectivity index (χ0n) is 25.2. The highest BCUT2D eigenvalue weighted by molar-refractivity contribution is 7.99. The Balaban J connectivity index is 0. The number of halogens is 2. The van der Waals surface area contributed by atoms with Gasteiger partial charge in [-0.15, -0.1) is 0 Å². The van der Waals surface area contributed by atoms with Crippen LogP contribution in [-0.4, -0.2) is 129 Å². The summed E-state index contributed by atoms with van der Waals surface area (Å²) in [6.45, 7) is 0. The molecule has 4 aliphatic carbocycles. The van der Waals surface area contributed by atoms with Gasteiger partial charge < -0.3 is 67.3 Å². The molecule has 0 aromatic heterocycles. The molecule has 0 aromatic carbocycles. The van der Waals surface area contributed by atoms with Crippen LogP contribution in [0.1, 0.15) is 51.4 Å². The number of quaternary nitrogens is 2. The lowest BCUT2D eigenvalue weighted by atomic mass is 10.2. The first-order valence-electron chi connectivity index (χ1n) is 13.9. The van der Waals surface area contributed by atoms with Gasteiger partial charge in [-0.1, -0.05) is 0 Å².